The molecule has 0 saturated heterocycles. The van der Waals surface area contributed by atoms with E-state index in [1.54, 1.807) is 12.1 Å². The maximum Gasteiger partial charge on any atom is 0.396 e. The Kier molecular flexibility index (Phi) is 4.97. The topological polar surface area (TPSA) is 37.3 Å². The molecule has 0 amide bonds. The first kappa shape index (κ1) is 15.5. The minimum absolute atomic E-state index is 0.00223. The van der Waals surface area contributed by atoms with Gasteiger partial charge in [-0.25, -0.2) is 0 Å². The van der Waals surface area contributed by atoms with Crippen LogP contribution in [-0.2, 0) is 11.2 Å². The Morgan fingerprint density at radius 2 is 1.74 bits per heavy atom. The Morgan fingerprint density at radius 1 is 1.21 bits per heavy atom. The van der Waals surface area contributed by atoms with E-state index in [4.69, 9.17) is 5.11 Å². The van der Waals surface area contributed by atoms with Crippen LogP contribution in [0.4, 0.5) is 13.2 Å². The van der Waals surface area contributed by atoms with E-state index in [0.717, 1.165) is 12.0 Å². The third-order valence-electron chi connectivity index (χ3n) is 2.80. The number of aliphatic carboxylic acids is 1. The van der Waals surface area contributed by atoms with Crippen molar-refractivity contribution >= 4 is 5.97 Å². The first-order valence-corrected chi connectivity index (χ1v) is 6.07. The van der Waals surface area contributed by atoms with Gasteiger partial charge in [0.1, 0.15) is 0 Å². The summed E-state index contributed by atoms with van der Waals surface area (Å²) in [5.41, 5.74) is 0.956. The lowest BCUT2D eigenvalue weighted by molar-refractivity contribution is -0.163. The summed E-state index contributed by atoms with van der Waals surface area (Å²) in [6.07, 6.45) is -4.69. The molecular formula is C14H17F3O2. The van der Waals surface area contributed by atoms with E-state index >= 15 is 0 Å². The third-order valence-corrected chi connectivity index (χ3v) is 2.80. The number of carbonyl (C=O) groups is 1. The van der Waals surface area contributed by atoms with Gasteiger partial charge in [-0.15, -0.1) is 0 Å². The number of carboxylic acid groups (broad SMARTS) is 1. The molecule has 2 nitrogen and oxygen atoms in total. The van der Waals surface area contributed by atoms with Crippen molar-refractivity contribution in [2.24, 2.45) is 5.92 Å². The zero-order valence-corrected chi connectivity index (χ0v) is 10.9. The van der Waals surface area contributed by atoms with Gasteiger partial charge in [0.05, 0.1) is 12.3 Å². The van der Waals surface area contributed by atoms with Gasteiger partial charge in [-0.1, -0.05) is 38.1 Å². The molecular weight excluding hydrogens is 257 g/mol. The SMILES string of the molecule is CC(C)Cc1ccc(C(CC(=O)O)C(F)(F)F)cc1. The van der Waals surface area contributed by atoms with Crippen molar-refractivity contribution in [2.45, 2.75) is 38.8 Å². The van der Waals surface area contributed by atoms with Crippen molar-refractivity contribution in [3.63, 3.8) is 0 Å². The molecule has 0 heterocycles. The summed E-state index contributed by atoms with van der Waals surface area (Å²) in [5, 5.41) is 8.58. The van der Waals surface area contributed by atoms with E-state index in [0.29, 0.717) is 5.92 Å². The minimum Gasteiger partial charge on any atom is -0.481 e. The fourth-order valence-corrected chi connectivity index (χ4v) is 1.95. The quantitative estimate of drug-likeness (QED) is 0.881. The number of halogens is 3. The van der Waals surface area contributed by atoms with Gasteiger partial charge in [0.2, 0.25) is 0 Å². The smallest absolute Gasteiger partial charge is 0.396 e. The largest absolute Gasteiger partial charge is 0.481 e. The van der Waals surface area contributed by atoms with E-state index in [1.807, 2.05) is 13.8 Å². The Balaban J connectivity index is 2.94. The maximum absolute atomic E-state index is 12.8. The van der Waals surface area contributed by atoms with Gasteiger partial charge in [0.25, 0.3) is 0 Å². The van der Waals surface area contributed by atoms with Crippen LogP contribution in [0.2, 0.25) is 0 Å². The van der Waals surface area contributed by atoms with E-state index in [2.05, 4.69) is 0 Å². The minimum atomic E-state index is -4.54. The highest BCUT2D eigenvalue weighted by molar-refractivity contribution is 5.68. The van der Waals surface area contributed by atoms with Crippen molar-refractivity contribution in [1.29, 1.82) is 0 Å². The third kappa shape index (κ3) is 4.93. The van der Waals surface area contributed by atoms with Crippen molar-refractivity contribution in [3.8, 4) is 0 Å². The number of rotatable bonds is 5. The second-order valence-corrected chi connectivity index (χ2v) is 5.03. The predicted molar refractivity (Wildman–Crippen MR) is 66.0 cm³/mol. The highest BCUT2D eigenvalue weighted by Gasteiger charge is 2.41. The number of carboxylic acids is 1. The maximum atomic E-state index is 12.8. The molecule has 1 atom stereocenters. The summed E-state index contributed by atoms with van der Waals surface area (Å²) in [6, 6.07) is 6.02. The molecule has 0 bridgehead atoms. The highest BCUT2D eigenvalue weighted by Crippen LogP contribution is 2.37. The van der Waals surface area contributed by atoms with E-state index in [9.17, 15) is 18.0 Å². The Morgan fingerprint density at radius 3 is 2.11 bits per heavy atom. The first-order valence-electron chi connectivity index (χ1n) is 6.07. The van der Waals surface area contributed by atoms with Crippen LogP contribution in [0.25, 0.3) is 0 Å². The molecule has 1 N–H and O–H groups in total. The Hall–Kier alpha value is -1.52. The fourth-order valence-electron chi connectivity index (χ4n) is 1.95. The second kappa shape index (κ2) is 6.08. The molecule has 0 aliphatic heterocycles. The van der Waals surface area contributed by atoms with Gasteiger partial charge in [0, 0.05) is 0 Å². The van der Waals surface area contributed by atoms with Gasteiger partial charge in [-0.05, 0) is 23.5 Å². The lowest BCUT2D eigenvalue weighted by Gasteiger charge is -2.19. The van der Waals surface area contributed by atoms with Gasteiger partial charge < -0.3 is 5.11 Å². The molecule has 1 rings (SSSR count). The molecule has 5 heteroatoms. The van der Waals surface area contributed by atoms with Crippen molar-refractivity contribution in [2.75, 3.05) is 0 Å². The van der Waals surface area contributed by atoms with Crippen molar-refractivity contribution in [3.05, 3.63) is 35.4 Å². The highest BCUT2D eigenvalue weighted by atomic mass is 19.4. The van der Waals surface area contributed by atoms with E-state index < -0.39 is 24.5 Å². The number of hydrogen-bond acceptors (Lipinski definition) is 1. The van der Waals surface area contributed by atoms with Crippen LogP contribution in [0.5, 0.6) is 0 Å². The normalized spacial score (nSPS) is 13.6. The molecule has 1 aromatic carbocycles. The summed E-state index contributed by atoms with van der Waals surface area (Å²) < 4.78 is 38.4. The van der Waals surface area contributed by atoms with Crippen molar-refractivity contribution in [1.82, 2.24) is 0 Å². The lowest BCUT2D eigenvalue weighted by atomic mass is 9.93. The zero-order valence-electron chi connectivity index (χ0n) is 10.9. The summed E-state index contributed by atoms with van der Waals surface area (Å²) in [5.74, 6) is -2.98. The van der Waals surface area contributed by atoms with E-state index in [-0.39, 0.29) is 5.56 Å². The van der Waals surface area contributed by atoms with Crippen LogP contribution in [-0.4, -0.2) is 17.3 Å². The molecule has 0 radical (unpaired) electrons. The van der Waals surface area contributed by atoms with Crippen molar-refractivity contribution < 1.29 is 23.1 Å². The zero-order chi connectivity index (χ0) is 14.6. The molecule has 0 aromatic heterocycles. The average Bonchev–Trinajstić information content (AvgIpc) is 2.25. The molecule has 1 unspecified atom stereocenters. The number of benzene rings is 1. The van der Waals surface area contributed by atoms with Gasteiger partial charge >= 0.3 is 12.1 Å². The predicted octanol–water partition coefficient (Wildman–Crippen LogP) is 4.01. The number of alkyl halides is 3. The summed E-state index contributed by atoms with van der Waals surface area (Å²) in [6.45, 7) is 4.05. The average molecular weight is 274 g/mol. The monoisotopic (exact) mass is 274 g/mol. The standard InChI is InChI=1S/C14H17F3O2/c1-9(2)7-10-3-5-11(6-4-10)12(8-13(18)19)14(15,16)17/h3-6,9,12H,7-8H2,1-2H3,(H,18,19). The molecule has 19 heavy (non-hydrogen) atoms. The van der Waals surface area contributed by atoms with Crippen LogP contribution in [0.15, 0.2) is 24.3 Å². The first-order chi connectivity index (χ1) is 8.70. The molecule has 0 spiro atoms. The second-order valence-electron chi connectivity index (χ2n) is 5.03. The summed E-state index contributed by atoms with van der Waals surface area (Å²) in [4.78, 5) is 10.5. The van der Waals surface area contributed by atoms with Crippen LogP contribution in [0.3, 0.4) is 0 Å². The Labute approximate surface area is 110 Å². The molecule has 0 aliphatic rings. The lowest BCUT2D eigenvalue weighted by Crippen LogP contribution is -2.23. The summed E-state index contributed by atoms with van der Waals surface area (Å²) >= 11 is 0. The Bertz CT molecular complexity index is 421. The molecule has 0 aliphatic carbocycles. The van der Waals surface area contributed by atoms with Crippen LogP contribution in [0, 0.1) is 5.92 Å². The van der Waals surface area contributed by atoms with Gasteiger partial charge in [-0.3, -0.25) is 4.79 Å². The summed E-state index contributed by atoms with van der Waals surface area (Å²) in [7, 11) is 0. The van der Waals surface area contributed by atoms with Crippen LogP contribution < -0.4 is 0 Å². The number of hydrogen-bond donors (Lipinski definition) is 1. The van der Waals surface area contributed by atoms with Crippen LogP contribution >= 0.6 is 0 Å². The molecule has 1 aromatic rings. The molecule has 0 fully saturated rings. The van der Waals surface area contributed by atoms with Gasteiger partial charge in [0.15, 0.2) is 0 Å². The molecule has 0 saturated carbocycles. The molecule has 106 valence electrons. The fraction of sp³-hybridized carbons (Fsp3) is 0.500. The van der Waals surface area contributed by atoms with Gasteiger partial charge in [-0.2, -0.15) is 13.2 Å². The van der Waals surface area contributed by atoms with Crippen LogP contribution in [0.1, 0.15) is 37.3 Å². The van der Waals surface area contributed by atoms with E-state index in [1.165, 1.54) is 12.1 Å².